The number of rotatable bonds is 3. The standard InChI is InChI=1S/C14H18N4O4/c1-4-22-14(16-3)13(21)18-10-8-6-5-7-9(10)17-12(20)11(19)15-2/h5-8H,4H2,1-3H3,(H,15,19)(H,17,20)(H,18,21). The topological polar surface area (TPSA) is 109 Å². The summed E-state index contributed by atoms with van der Waals surface area (Å²) in [5.41, 5.74) is 0.613. The number of para-hydroxylation sites is 2. The van der Waals surface area contributed by atoms with Crippen molar-refractivity contribution in [2.45, 2.75) is 6.92 Å². The van der Waals surface area contributed by atoms with E-state index in [1.54, 1.807) is 31.2 Å². The Kier molecular flexibility index (Phi) is 6.55. The van der Waals surface area contributed by atoms with Gasteiger partial charge in [-0.3, -0.25) is 19.4 Å². The quantitative estimate of drug-likeness (QED) is 0.426. The number of hydrogen-bond donors (Lipinski definition) is 3. The lowest BCUT2D eigenvalue weighted by atomic mass is 10.2. The van der Waals surface area contributed by atoms with Crippen LogP contribution < -0.4 is 16.0 Å². The zero-order valence-corrected chi connectivity index (χ0v) is 12.6. The number of anilines is 2. The van der Waals surface area contributed by atoms with Crippen LogP contribution in [0.2, 0.25) is 0 Å². The summed E-state index contributed by atoms with van der Waals surface area (Å²) in [6, 6.07) is 6.47. The molecule has 0 radical (unpaired) electrons. The highest BCUT2D eigenvalue weighted by Crippen LogP contribution is 2.20. The maximum Gasteiger partial charge on any atom is 0.313 e. The average Bonchev–Trinajstić information content (AvgIpc) is 2.53. The Labute approximate surface area is 127 Å². The van der Waals surface area contributed by atoms with E-state index in [-0.39, 0.29) is 11.6 Å². The van der Waals surface area contributed by atoms with Gasteiger partial charge < -0.3 is 20.7 Å². The van der Waals surface area contributed by atoms with Crippen molar-refractivity contribution in [2.24, 2.45) is 4.99 Å². The van der Waals surface area contributed by atoms with Gasteiger partial charge in [0.15, 0.2) is 0 Å². The molecule has 1 aromatic carbocycles. The molecule has 0 aromatic heterocycles. The highest BCUT2D eigenvalue weighted by molar-refractivity contribution is 6.41. The number of ether oxygens (including phenoxy) is 1. The van der Waals surface area contributed by atoms with Gasteiger partial charge >= 0.3 is 17.7 Å². The molecule has 1 rings (SSSR count). The van der Waals surface area contributed by atoms with Gasteiger partial charge in [-0.05, 0) is 19.1 Å². The molecule has 0 saturated heterocycles. The Morgan fingerprint density at radius 3 is 2.05 bits per heavy atom. The fourth-order valence-electron chi connectivity index (χ4n) is 1.54. The zero-order chi connectivity index (χ0) is 16.5. The number of benzene rings is 1. The van der Waals surface area contributed by atoms with Crippen molar-refractivity contribution in [3.63, 3.8) is 0 Å². The van der Waals surface area contributed by atoms with E-state index in [9.17, 15) is 14.4 Å². The molecule has 118 valence electrons. The first kappa shape index (κ1) is 17.2. The Bertz CT molecular complexity index is 598. The maximum atomic E-state index is 12.0. The molecule has 22 heavy (non-hydrogen) atoms. The lowest BCUT2D eigenvalue weighted by Gasteiger charge is -2.12. The number of carbonyl (C=O) groups excluding carboxylic acids is 3. The fraction of sp³-hybridized carbons (Fsp3) is 0.286. The third-order valence-corrected chi connectivity index (χ3v) is 2.54. The van der Waals surface area contributed by atoms with E-state index < -0.39 is 17.7 Å². The molecule has 0 saturated carbocycles. The molecule has 1 aromatic rings. The van der Waals surface area contributed by atoms with Crippen molar-refractivity contribution in [3.05, 3.63) is 24.3 Å². The number of likely N-dealkylation sites (N-methyl/N-ethyl adjacent to an activating group) is 1. The molecule has 0 fully saturated rings. The number of nitrogens with one attached hydrogen (secondary N) is 3. The second kappa shape index (κ2) is 8.40. The van der Waals surface area contributed by atoms with E-state index in [0.717, 1.165) is 0 Å². The lowest BCUT2D eigenvalue weighted by molar-refractivity contribution is -0.135. The molecule has 0 heterocycles. The van der Waals surface area contributed by atoms with Crippen LogP contribution in [0.25, 0.3) is 0 Å². The van der Waals surface area contributed by atoms with Crippen LogP contribution in [0.3, 0.4) is 0 Å². The normalized spacial score (nSPS) is 10.6. The minimum Gasteiger partial charge on any atom is -0.474 e. The number of aliphatic imine (C=N–C) groups is 1. The average molecular weight is 306 g/mol. The van der Waals surface area contributed by atoms with E-state index in [4.69, 9.17) is 4.74 Å². The first-order valence-corrected chi connectivity index (χ1v) is 6.56. The van der Waals surface area contributed by atoms with E-state index in [0.29, 0.717) is 12.3 Å². The molecule has 8 heteroatoms. The second-order valence-electron chi connectivity index (χ2n) is 3.99. The van der Waals surface area contributed by atoms with Gasteiger partial charge in [-0.15, -0.1) is 0 Å². The number of hydrogen-bond acceptors (Lipinski definition) is 5. The molecule has 0 aliphatic rings. The van der Waals surface area contributed by atoms with E-state index in [1.807, 2.05) is 0 Å². The Balaban J connectivity index is 2.90. The van der Waals surface area contributed by atoms with Crippen LogP contribution in [-0.4, -0.2) is 44.3 Å². The van der Waals surface area contributed by atoms with Gasteiger partial charge in [-0.2, -0.15) is 0 Å². The van der Waals surface area contributed by atoms with Crippen LogP contribution >= 0.6 is 0 Å². The molecule has 3 N–H and O–H groups in total. The summed E-state index contributed by atoms with van der Waals surface area (Å²) in [4.78, 5) is 38.6. The highest BCUT2D eigenvalue weighted by Gasteiger charge is 2.17. The van der Waals surface area contributed by atoms with Gasteiger partial charge in [0.2, 0.25) is 0 Å². The molecule has 0 aliphatic carbocycles. The van der Waals surface area contributed by atoms with E-state index in [2.05, 4.69) is 20.9 Å². The van der Waals surface area contributed by atoms with E-state index in [1.165, 1.54) is 14.1 Å². The zero-order valence-electron chi connectivity index (χ0n) is 12.6. The van der Waals surface area contributed by atoms with Crippen LogP contribution in [0.15, 0.2) is 29.3 Å². The van der Waals surface area contributed by atoms with Crippen LogP contribution in [-0.2, 0) is 19.1 Å². The molecule has 0 aliphatic heterocycles. The van der Waals surface area contributed by atoms with Crippen molar-refractivity contribution >= 4 is 35.0 Å². The predicted octanol–water partition coefficient (Wildman–Crippen LogP) is 0.374. The molecular formula is C14H18N4O4. The van der Waals surface area contributed by atoms with Crippen LogP contribution in [0.4, 0.5) is 11.4 Å². The first-order valence-electron chi connectivity index (χ1n) is 6.56. The minimum atomic E-state index is -0.835. The number of amides is 3. The van der Waals surface area contributed by atoms with Gasteiger partial charge in [-0.1, -0.05) is 12.1 Å². The Morgan fingerprint density at radius 1 is 1.05 bits per heavy atom. The number of carbonyl (C=O) groups is 3. The summed E-state index contributed by atoms with van der Waals surface area (Å²) in [6.07, 6.45) is 0. The summed E-state index contributed by atoms with van der Waals surface area (Å²) >= 11 is 0. The van der Waals surface area contributed by atoms with Gasteiger partial charge in [-0.25, -0.2) is 0 Å². The Hall–Kier alpha value is -2.90. The molecular weight excluding hydrogens is 288 g/mol. The van der Waals surface area contributed by atoms with Crippen LogP contribution in [0.5, 0.6) is 0 Å². The molecule has 0 unspecified atom stereocenters. The highest BCUT2D eigenvalue weighted by atomic mass is 16.5. The summed E-state index contributed by atoms with van der Waals surface area (Å²) in [5.74, 6) is -2.24. The summed E-state index contributed by atoms with van der Waals surface area (Å²) in [6.45, 7) is 2.03. The summed E-state index contributed by atoms with van der Waals surface area (Å²) in [5, 5.41) is 7.19. The summed E-state index contributed by atoms with van der Waals surface area (Å²) in [7, 11) is 2.78. The maximum absolute atomic E-state index is 12.0. The van der Waals surface area contributed by atoms with Crippen molar-refractivity contribution < 1.29 is 19.1 Å². The lowest BCUT2D eigenvalue weighted by Crippen LogP contribution is -2.33. The monoisotopic (exact) mass is 306 g/mol. The smallest absolute Gasteiger partial charge is 0.313 e. The third-order valence-electron chi connectivity index (χ3n) is 2.54. The molecule has 3 amide bonds. The van der Waals surface area contributed by atoms with Crippen molar-refractivity contribution in [3.8, 4) is 0 Å². The third kappa shape index (κ3) is 4.58. The molecule has 0 bridgehead atoms. The van der Waals surface area contributed by atoms with Crippen molar-refractivity contribution in [2.75, 3.05) is 31.3 Å². The molecule has 0 atom stereocenters. The number of nitrogens with zero attached hydrogens (tertiary/aromatic N) is 1. The fourth-order valence-corrected chi connectivity index (χ4v) is 1.54. The van der Waals surface area contributed by atoms with E-state index >= 15 is 0 Å². The van der Waals surface area contributed by atoms with Gasteiger partial charge in [0.05, 0.1) is 18.0 Å². The Morgan fingerprint density at radius 2 is 1.59 bits per heavy atom. The second-order valence-corrected chi connectivity index (χ2v) is 3.99. The van der Waals surface area contributed by atoms with Gasteiger partial charge in [0.1, 0.15) is 0 Å². The van der Waals surface area contributed by atoms with Crippen molar-refractivity contribution in [1.82, 2.24) is 5.32 Å². The molecule has 0 spiro atoms. The first-order chi connectivity index (χ1) is 10.5. The van der Waals surface area contributed by atoms with Crippen LogP contribution in [0, 0.1) is 0 Å². The van der Waals surface area contributed by atoms with Gasteiger partial charge in [0, 0.05) is 14.1 Å². The summed E-state index contributed by atoms with van der Waals surface area (Å²) < 4.78 is 5.09. The predicted molar refractivity (Wildman–Crippen MR) is 82.8 cm³/mol. The largest absolute Gasteiger partial charge is 0.474 e. The SMILES string of the molecule is CCOC(=NC)C(=O)Nc1ccccc1NC(=O)C(=O)NC. The van der Waals surface area contributed by atoms with Crippen LogP contribution in [0.1, 0.15) is 6.92 Å². The van der Waals surface area contributed by atoms with Crippen molar-refractivity contribution in [1.29, 1.82) is 0 Å². The molecule has 8 nitrogen and oxygen atoms in total. The minimum absolute atomic E-state index is 0.0741. The van der Waals surface area contributed by atoms with Gasteiger partial charge in [0.25, 0.3) is 5.90 Å².